The lowest BCUT2D eigenvalue weighted by Gasteiger charge is -2.37. The van der Waals surface area contributed by atoms with Crippen LogP contribution in [0.5, 0.6) is 0 Å². The smallest absolute Gasteiger partial charge is 0.378 e. The second kappa shape index (κ2) is 12.4. The monoisotopic (exact) mass is 555 g/mol. The molecule has 8 nitrogen and oxygen atoms in total. The third kappa shape index (κ3) is 6.82. The maximum Gasteiger partial charge on any atom is 0.419 e. The SMILES string of the molecule is CN(C)CCCc1cccc(-c2cc(N3CCN(c4ncccc4C(F)(F)F)CC3)nc(N3CCOCC3)n2)c1. The summed E-state index contributed by atoms with van der Waals surface area (Å²) in [6.07, 6.45) is -0.982. The predicted octanol–water partition coefficient (Wildman–Crippen LogP) is 4.21. The number of hydrogen-bond donors (Lipinski definition) is 0. The van der Waals surface area contributed by atoms with Crippen LogP contribution in [0.1, 0.15) is 17.5 Å². The fourth-order valence-electron chi connectivity index (χ4n) is 5.14. The topological polar surface area (TPSA) is 60.9 Å². The van der Waals surface area contributed by atoms with E-state index in [2.05, 4.69) is 58.0 Å². The van der Waals surface area contributed by atoms with Gasteiger partial charge in [-0.15, -0.1) is 0 Å². The molecule has 0 atom stereocenters. The first kappa shape index (κ1) is 28.1. The lowest BCUT2D eigenvalue weighted by Crippen LogP contribution is -2.48. The zero-order valence-corrected chi connectivity index (χ0v) is 23.1. The number of ether oxygens (including phenoxy) is 1. The largest absolute Gasteiger partial charge is 0.419 e. The minimum absolute atomic E-state index is 0.0156. The van der Waals surface area contributed by atoms with E-state index in [1.807, 2.05) is 6.07 Å². The molecule has 0 amide bonds. The van der Waals surface area contributed by atoms with Crippen molar-refractivity contribution in [1.82, 2.24) is 19.9 Å². The Morgan fingerprint density at radius 2 is 1.62 bits per heavy atom. The molecule has 0 spiro atoms. The summed E-state index contributed by atoms with van der Waals surface area (Å²) < 4.78 is 46.3. The number of nitrogens with zero attached hydrogens (tertiary/aromatic N) is 7. The van der Waals surface area contributed by atoms with Crippen molar-refractivity contribution in [3.8, 4) is 11.3 Å². The molecule has 0 radical (unpaired) electrons. The van der Waals surface area contributed by atoms with Gasteiger partial charge in [0.05, 0.1) is 24.5 Å². The number of rotatable bonds is 8. The van der Waals surface area contributed by atoms with Crippen molar-refractivity contribution in [2.75, 3.05) is 87.8 Å². The third-order valence-electron chi connectivity index (χ3n) is 7.28. The fourth-order valence-corrected chi connectivity index (χ4v) is 5.14. The average Bonchev–Trinajstić information content (AvgIpc) is 2.97. The number of morpholine rings is 1. The Morgan fingerprint density at radius 3 is 2.35 bits per heavy atom. The van der Waals surface area contributed by atoms with Crippen LogP contribution in [0.3, 0.4) is 0 Å². The first-order valence-electron chi connectivity index (χ1n) is 13.8. The first-order valence-corrected chi connectivity index (χ1v) is 13.8. The van der Waals surface area contributed by atoms with E-state index in [1.54, 1.807) is 4.90 Å². The molecule has 4 heterocycles. The molecule has 0 N–H and O–H groups in total. The van der Waals surface area contributed by atoms with Crippen LogP contribution >= 0.6 is 0 Å². The Bertz CT molecular complexity index is 1270. The quantitative estimate of drug-likeness (QED) is 0.410. The number of anilines is 3. The zero-order chi connectivity index (χ0) is 28.1. The number of hydrogen-bond acceptors (Lipinski definition) is 8. The molecule has 1 aromatic carbocycles. The van der Waals surface area contributed by atoms with Gasteiger partial charge in [0, 0.05) is 57.1 Å². The van der Waals surface area contributed by atoms with Crippen molar-refractivity contribution in [2.24, 2.45) is 0 Å². The maximum absolute atomic E-state index is 13.6. The second-order valence-corrected chi connectivity index (χ2v) is 10.5. The van der Waals surface area contributed by atoms with Crippen molar-refractivity contribution >= 4 is 17.6 Å². The molecule has 0 saturated carbocycles. The molecule has 2 saturated heterocycles. The highest BCUT2D eigenvalue weighted by Crippen LogP contribution is 2.36. The number of aryl methyl sites for hydroxylation is 1. The molecule has 0 unspecified atom stereocenters. The number of piperazine rings is 1. The van der Waals surface area contributed by atoms with Crippen molar-refractivity contribution < 1.29 is 17.9 Å². The molecule has 40 heavy (non-hydrogen) atoms. The van der Waals surface area contributed by atoms with Crippen molar-refractivity contribution in [1.29, 1.82) is 0 Å². The normalized spacial score (nSPS) is 16.6. The molecule has 214 valence electrons. The molecule has 2 aliphatic rings. The van der Waals surface area contributed by atoms with Gasteiger partial charge < -0.3 is 24.3 Å². The Morgan fingerprint density at radius 1 is 0.875 bits per heavy atom. The Labute approximate surface area is 233 Å². The van der Waals surface area contributed by atoms with E-state index in [9.17, 15) is 13.2 Å². The summed E-state index contributed by atoms with van der Waals surface area (Å²) in [6.45, 7) is 5.56. The molecule has 5 rings (SSSR count). The van der Waals surface area contributed by atoms with Crippen molar-refractivity contribution in [3.63, 3.8) is 0 Å². The number of aromatic nitrogens is 3. The summed E-state index contributed by atoms with van der Waals surface area (Å²) in [5.74, 6) is 1.42. The van der Waals surface area contributed by atoms with E-state index in [0.717, 1.165) is 42.5 Å². The van der Waals surface area contributed by atoms with Crippen molar-refractivity contribution in [2.45, 2.75) is 19.0 Å². The summed E-state index contributed by atoms with van der Waals surface area (Å²) in [5.41, 5.74) is 2.43. The van der Waals surface area contributed by atoms with Crippen LogP contribution in [0.25, 0.3) is 11.3 Å². The van der Waals surface area contributed by atoms with Crippen LogP contribution in [0, 0.1) is 0 Å². The molecular weight excluding hydrogens is 519 g/mol. The highest BCUT2D eigenvalue weighted by atomic mass is 19.4. The van der Waals surface area contributed by atoms with Crippen LogP contribution in [-0.2, 0) is 17.3 Å². The van der Waals surface area contributed by atoms with Gasteiger partial charge in [-0.1, -0.05) is 18.2 Å². The summed E-state index contributed by atoms with van der Waals surface area (Å²) in [5, 5.41) is 0. The van der Waals surface area contributed by atoms with Gasteiger partial charge in [-0.25, -0.2) is 9.97 Å². The van der Waals surface area contributed by atoms with Gasteiger partial charge in [0.2, 0.25) is 5.95 Å². The van der Waals surface area contributed by atoms with Gasteiger partial charge in [0.15, 0.2) is 0 Å². The number of benzene rings is 1. The van der Waals surface area contributed by atoms with Gasteiger partial charge in [-0.3, -0.25) is 0 Å². The number of halogens is 3. The van der Waals surface area contributed by atoms with Gasteiger partial charge >= 0.3 is 6.18 Å². The Kier molecular flexibility index (Phi) is 8.70. The van der Waals surface area contributed by atoms with E-state index >= 15 is 0 Å². The molecule has 2 aromatic heterocycles. The lowest BCUT2D eigenvalue weighted by molar-refractivity contribution is -0.137. The summed E-state index contributed by atoms with van der Waals surface area (Å²) >= 11 is 0. The first-order chi connectivity index (χ1) is 19.3. The molecule has 11 heteroatoms. The molecule has 2 fully saturated rings. The van der Waals surface area contributed by atoms with Crippen LogP contribution in [0.2, 0.25) is 0 Å². The van der Waals surface area contributed by atoms with Crippen LogP contribution in [-0.4, -0.2) is 93.0 Å². The van der Waals surface area contributed by atoms with E-state index in [1.165, 1.54) is 17.8 Å². The Balaban J connectivity index is 1.39. The van der Waals surface area contributed by atoms with E-state index in [4.69, 9.17) is 14.7 Å². The van der Waals surface area contributed by atoms with E-state index in [-0.39, 0.29) is 5.82 Å². The average molecular weight is 556 g/mol. The summed E-state index contributed by atoms with van der Waals surface area (Å²) in [7, 11) is 4.16. The van der Waals surface area contributed by atoms with Gasteiger partial charge in [0.1, 0.15) is 11.6 Å². The van der Waals surface area contributed by atoms with E-state index < -0.39 is 11.7 Å². The zero-order valence-electron chi connectivity index (χ0n) is 23.1. The van der Waals surface area contributed by atoms with Crippen molar-refractivity contribution in [3.05, 3.63) is 59.8 Å². The van der Waals surface area contributed by atoms with Gasteiger partial charge in [0.25, 0.3) is 0 Å². The highest BCUT2D eigenvalue weighted by molar-refractivity contribution is 5.66. The predicted molar refractivity (Wildman–Crippen MR) is 151 cm³/mol. The summed E-state index contributed by atoms with van der Waals surface area (Å²) in [6, 6.07) is 12.9. The molecule has 2 aliphatic heterocycles. The van der Waals surface area contributed by atoms with Crippen LogP contribution in [0.4, 0.5) is 30.8 Å². The molecule has 0 aliphatic carbocycles. The summed E-state index contributed by atoms with van der Waals surface area (Å²) in [4.78, 5) is 22.1. The minimum Gasteiger partial charge on any atom is -0.378 e. The minimum atomic E-state index is -4.45. The molecule has 3 aromatic rings. The maximum atomic E-state index is 13.6. The van der Waals surface area contributed by atoms with Crippen LogP contribution < -0.4 is 14.7 Å². The molecular formula is C29H36F3N7O. The highest BCUT2D eigenvalue weighted by Gasteiger charge is 2.36. The Hall–Kier alpha value is -3.44. The van der Waals surface area contributed by atoms with E-state index in [0.29, 0.717) is 58.4 Å². The van der Waals surface area contributed by atoms with Gasteiger partial charge in [-0.05, 0) is 57.2 Å². The second-order valence-electron chi connectivity index (χ2n) is 10.5. The third-order valence-corrected chi connectivity index (χ3v) is 7.28. The molecule has 0 bridgehead atoms. The van der Waals surface area contributed by atoms with Gasteiger partial charge in [-0.2, -0.15) is 18.2 Å². The number of alkyl halides is 3. The lowest BCUT2D eigenvalue weighted by atomic mass is 10.0. The number of pyridine rings is 1. The fraction of sp³-hybridized carbons (Fsp3) is 0.483. The standard InChI is InChI=1S/C29H36F3N7O/c1-36(2)11-5-7-22-6-3-8-23(20-22)25-21-26(35-28(34-25)39-16-18-40-19-17-39)37-12-14-38(15-13-37)27-24(29(30,31)32)9-4-10-33-27/h3-4,6,8-10,20-21H,5,7,11-19H2,1-2H3. The van der Waals surface area contributed by atoms with Crippen LogP contribution in [0.15, 0.2) is 48.7 Å².